The summed E-state index contributed by atoms with van der Waals surface area (Å²) in [4.78, 5) is 11.3. The number of aliphatic hydroxyl groups is 1. The molecule has 3 heteroatoms. The second kappa shape index (κ2) is 6.02. The zero-order valence-electron chi connectivity index (χ0n) is 8.87. The molecule has 0 radical (unpaired) electrons. The average molecular weight is 200 g/mol. The smallest absolute Gasteiger partial charge is 0.311 e. The van der Waals surface area contributed by atoms with Crippen LogP contribution in [0.1, 0.15) is 45.4 Å². The van der Waals surface area contributed by atoms with Gasteiger partial charge >= 0.3 is 5.97 Å². The van der Waals surface area contributed by atoms with Gasteiger partial charge in [-0.05, 0) is 6.42 Å². The molecule has 0 saturated carbocycles. The maximum Gasteiger partial charge on any atom is 0.311 e. The number of unbranched alkanes of at least 4 members (excludes halogenated alkanes) is 3. The Kier molecular flexibility index (Phi) is 4.94. The van der Waals surface area contributed by atoms with E-state index in [1.807, 2.05) is 0 Å². The molecule has 1 heterocycles. The highest BCUT2D eigenvalue weighted by atomic mass is 16.5. The van der Waals surface area contributed by atoms with Gasteiger partial charge in [-0.25, -0.2) is 0 Å². The number of ether oxygens (including phenoxy) is 1. The van der Waals surface area contributed by atoms with Crippen molar-refractivity contribution in [3.8, 4) is 0 Å². The standard InChI is InChI=1S/C11H20O3/c1-2-3-4-5-6-9-10(12)7-8-14-11(9)13/h9-10,12H,2-8H2,1H3. The Balaban J connectivity index is 2.22. The molecule has 2 atom stereocenters. The molecular weight excluding hydrogens is 180 g/mol. The van der Waals surface area contributed by atoms with E-state index in [0.717, 1.165) is 19.3 Å². The van der Waals surface area contributed by atoms with Gasteiger partial charge in [-0.3, -0.25) is 4.79 Å². The third kappa shape index (κ3) is 3.29. The minimum atomic E-state index is -0.474. The van der Waals surface area contributed by atoms with E-state index in [2.05, 4.69) is 6.92 Å². The number of rotatable bonds is 5. The van der Waals surface area contributed by atoms with E-state index in [1.54, 1.807) is 0 Å². The Bertz CT molecular complexity index is 179. The SMILES string of the molecule is CCCCCCC1C(=O)OCCC1O. The van der Waals surface area contributed by atoms with E-state index in [1.165, 1.54) is 12.8 Å². The summed E-state index contributed by atoms with van der Waals surface area (Å²) in [6, 6.07) is 0. The summed E-state index contributed by atoms with van der Waals surface area (Å²) in [6.45, 7) is 2.54. The Hall–Kier alpha value is -0.570. The van der Waals surface area contributed by atoms with Gasteiger partial charge in [0.15, 0.2) is 0 Å². The van der Waals surface area contributed by atoms with Crippen molar-refractivity contribution in [2.75, 3.05) is 6.61 Å². The molecule has 0 bridgehead atoms. The number of hydrogen-bond acceptors (Lipinski definition) is 3. The van der Waals surface area contributed by atoms with Crippen LogP contribution in [0.2, 0.25) is 0 Å². The van der Waals surface area contributed by atoms with Gasteiger partial charge in [0.25, 0.3) is 0 Å². The molecule has 0 amide bonds. The molecule has 0 aliphatic carbocycles. The van der Waals surface area contributed by atoms with E-state index < -0.39 is 6.10 Å². The summed E-state index contributed by atoms with van der Waals surface area (Å²) >= 11 is 0. The van der Waals surface area contributed by atoms with Crippen molar-refractivity contribution in [1.29, 1.82) is 0 Å². The summed E-state index contributed by atoms with van der Waals surface area (Å²) in [5, 5.41) is 9.60. The van der Waals surface area contributed by atoms with Crippen LogP contribution in [-0.4, -0.2) is 23.8 Å². The van der Waals surface area contributed by atoms with Crippen molar-refractivity contribution in [3.63, 3.8) is 0 Å². The fourth-order valence-electron chi connectivity index (χ4n) is 1.85. The van der Waals surface area contributed by atoms with Crippen molar-refractivity contribution in [2.24, 2.45) is 5.92 Å². The van der Waals surface area contributed by atoms with Crippen molar-refractivity contribution in [1.82, 2.24) is 0 Å². The van der Waals surface area contributed by atoms with Crippen LogP contribution in [-0.2, 0) is 9.53 Å². The molecule has 0 aromatic heterocycles. The second-order valence-electron chi connectivity index (χ2n) is 3.98. The molecule has 2 unspecified atom stereocenters. The molecule has 1 fully saturated rings. The largest absolute Gasteiger partial charge is 0.465 e. The van der Waals surface area contributed by atoms with E-state index in [4.69, 9.17) is 4.74 Å². The summed E-state index contributed by atoms with van der Waals surface area (Å²) in [7, 11) is 0. The quantitative estimate of drug-likeness (QED) is 0.544. The number of aliphatic hydroxyl groups excluding tert-OH is 1. The first-order chi connectivity index (χ1) is 6.75. The first-order valence-corrected chi connectivity index (χ1v) is 5.60. The summed E-state index contributed by atoms with van der Waals surface area (Å²) in [5.74, 6) is -0.471. The molecule has 1 saturated heterocycles. The van der Waals surface area contributed by atoms with Crippen LogP contribution < -0.4 is 0 Å². The number of esters is 1. The fourth-order valence-corrected chi connectivity index (χ4v) is 1.85. The number of hydrogen-bond donors (Lipinski definition) is 1. The lowest BCUT2D eigenvalue weighted by Crippen LogP contribution is -2.36. The molecule has 0 spiro atoms. The Morgan fingerprint density at radius 3 is 2.86 bits per heavy atom. The molecule has 1 aliphatic heterocycles. The first-order valence-electron chi connectivity index (χ1n) is 5.60. The molecule has 82 valence electrons. The zero-order chi connectivity index (χ0) is 10.4. The Morgan fingerprint density at radius 1 is 1.43 bits per heavy atom. The molecule has 1 N–H and O–H groups in total. The van der Waals surface area contributed by atoms with Crippen LogP contribution >= 0.6 is 0 Å². The molecule has 1 rings (SSSR count). The van der Waals surface area contributed by atoms with Crippen molar-refractivity contribution in [3.05, 3.63) is 0 Å². The highest BCUT2D eigenvalue weighted by Crippen LogP contribution is 2.22. The van der Waals surface area contributed by atoms with Crippen molar-refractivity contribution < 1.29 is 14.6 Å². The van der Waals surface area contributed by atoms with Crippen LogP contribution in [0, 0.1) is 5.92 Å². The van der Waals surface area contributed by atoms with Gasteiger partial charge in [0, 0.05) is 6.42 Å². The third-order valence-electron chi connectivity index (χ3n) is 2.79. The highest BCUT2D eigenvalue weighted by Gasteiger charge is 2.31. The van der Waals surface area contributed by atoms with Crippen LogP contribution in [0.5, 0.6) is 0 Å². The van der Waals surface area contributed by atoms with Crippen LogP contribution in [0.15, 0.2) is 0 Å². The summed E-state index contributed by atoms with van der Waals surface area (Å²) < 4.78 is 4.92. The third-order valence-corrected chi connectivity index (χ3v) is 2.79. The monoisotopic (exact) mass is 200 g/mol. The normalized spacial score (nSPS) is 27.4. The van der Waals surface area contributed by atoms with E-state index >= 15 is 0 Å². The van der Waals surface area contributed by atoms with Crippen LogP contribution in [0.25, 0.3) is 0 Å². The summed E-state index contributed by atoms with van der Waals surface area (Å²) in [5.41, 5.74) is 0. The predicted octanol–water partition coefficient (Wildman–Crippen LogP) is 1.88. The maximum absolute atomic E-state index is 11.3. The first kappa shape index (κ1) is 11.5. The van der Waals surface area contributed by atoms with Crippen LogP contribution in [0.4, 0.5) is 0 Å². The lowest BCUT2D eigenvalue weighted by atomic mass is 9.92. The highest BCUT2D eigenvalue weighted by molar-refractivity contribution is 5.73. The van der Waals surface area contributed by atoms with Crippen molar-refractivity contribution in [2.45, 2.75) is 51.6 Å². The molecule has 0 aromatic rings. The topological polar surface area (TPSA) is 46.5 Å². The molecule has 14 heavy (non-hydrogen) atoms. The lowest BCUT2D eigenvalue weighted by Gasteiger charge is -2.26. The minimum absolute atomic E-state index is 0.208. The Labute approximate surface area is 85.5 Å². The molecule has 3 nitrogen and oxygen atoms in total. The summed E-state index contributed by atoms with van der Waals surface area (Å²) in [6.07, 6.45) is 5.47. The zero-order valence-corrected chi connectivity index (χ0v) is 8.87. The van der Waals surface area contributed by atoms with Gasteiger partial charge in [0.2, 0.25) is 0 Å². The van der Waals surface area contributed by atoms with Gasteiger partial charge in [-0.15, -0.1) is 0 Å². The number of carbonyl (C=O) groups is 1. The molecule has 0 aromatic carbocycles. The van der Waals surface area contributed by atoms with Crippen LogP contribution in [0.3, 0.4) is 0 Å². The van der Waals surface area contributed by atoms with Gasteiger partial charge in [0.1, 0.15) is 0 Å². The molecular formula is C11H20O3. The number of carbonyl (C=O) groups excluding carboxylic acids is 1. The van der Waals surface area contributed by atoms with Gasteiger partial charge in [0.05, 0.1) is 18.6 Å². The van der Waals surface area contributed by atoms with E-state index in [-0.39, 0.29) is 11.9 Å². The lowest BCUT2D eigenvalue weighted by molar-refractivity contribution is -0.161. The molecule has 1 aliphatic rings. The fraction of sp³-hybridized carbons (Fsp3) is 0.909. The number of cyclic esters (lactones) is 1. The van der Waals surface area contributed by atoms with Gasteiger partial charge < -0.3 is 9.84 Å². The van der Waals surface area contributed by atoms with Gasteiger partial charge in [-0.1, -0.05) is 32.6 Å². The predicted molar refractivity (Wildman–Crippen MR) is 53.8 cm³/mol. The van der Waals surface area contributed by atoms with Gasteiger partial charge in [-0.2, -0.15) is 0 Å². The maximum atomic E-state index is 11.3. The van der Waals surface area contributed by atoms with E-state index in [0.29, 0.717) is 13.0 Å². The Morgan fingerprint density at radius 2 is 2.21 bits per heavy atom. The second-order valence-corrected chi connectivity index (χ2v) is 3.98. The minimum Gasteiger partial charge on any atom is -0.465 e. The van der Waals surface area contributed by atoms with Crippen molar-refractivity contribution >= 4 is 5.97 Å². The van der Waals surface area contributed by atoms with E-state index in [9.17, 15) is 9.90 Å². The average Bonchev–Trinajstić information content (AvgIpc) is 2.16.